The molecule has 6 nitrogen and oxygen atoms in total. The molecule has 0 aliphatic carbocycles. The number of carboxylic acids is 1. The highest BCUT2D eigenvalue weighted by Crippen LogP contribution is 2.17. The maximum atomic E-state index is 11.3. The minimum atomic E-state index is -1.00. The summed E-state index contributed by atoms with van der Waals surface area (Å²) in [5.74, 6) is -2.52. The first kappa shape index (κ1) is 11.5. The molecule has 0 aromatic rings. The molecule has 1 fully saturated rings. The summed E-state index contributed by atoms with van der Waals surface area (Å²) in [7, 11) is 0. The highest BCUT2D eigenvalue weighted by molar-refractivity contribution is 5.88. The molecule has 1 aliphatic heterocycles. The molecule has 0 saturated carbocycles. The van der Waals surface area contributed by atoms with Crippen LogP contribution in [0.25, 0.3) is 0 Å². The van der Waals surface area contributed by atoms with Gasteiger partial charge in [0.1, 0.15) is 6.54 Å². The van der Waals surface area contributed by atoms with Gasteiger partial charge < -0.3 is 14.7 Å². The van der Waals surface area contributed by atoms with Crippen molar-refractivity contribution >= 4 is 17.8 Å². The number of hydrogen-bond acceptors (Lipinski definition) is 4. The van der Waals surface area contributed by atoms with Crippen LogP contribution in [0.3, 0.4) is 0 Å². The Balaban J connectivity index is 2.47. The molecule has 0 radical (unpaired) electrons. The Morgan fingerprint density at radius 1 is 1.60 bits per heavy atom. The Hall–Kier alpha value is -1.59. The molecule has 15 heavy (non-hydrogen) atoms. The first-order valence-electron chi connectivity index (χ1n) is 4.70. The van der Waals surface area contributed by atoms with E-state index in [1.807, 2.05) is 0 Å². The summed E-state index contributed by atoms with van der Waals surface area (Å²) in [6.45, 7) is 1.86. The van der Waals surface area contributed by atoms with E-state index in [9.17, 15) is 14.4 Å². The monoisotopic (exact) mass is 215 g/mol. The molecule has 1 heterocycles. The van der Waals surface area contributed by atoms with Crippen LogP contribution in [0, 0.1) is 5.92 Å². The average molecular weight is 215 g/mol. The molecule has 1 unspecified atom stereocenters. The van der Waals surface area contributed by atoms with E-state index in [0.717, 1.165) is 0 Å². The minimum Gasteiger partial charge on any atom is -0.481 e. The van der Waals surface area contributed by atoms with Crippen molar-refractivity contribution in [1.82, 2.24) is 4.90 Å². The Kier molecular flexibility index (Phi) is 3.65. The van der Waals surface area contributed by atoms with Crippen molar-refractivity contribution in [3.63, 3.8) is 0 Å². The van der Waals surface area contributed by atoms with Crippen LogP contribution in [0.4, 0.5) is 0 Å². The quantitative estimate of drug-likeness (QED) is 0.638. The average Bonchev–Trinajstić information content (AvgIpc) is 2.48. The lowest BCUT2D eigenvalue weighted by Gasteiger charge is -2.14. The number of ether oxygens (including phenoxy) is 1. The van der Waals surface area contributed by atoms with Crippen LogP contribution in [-0.2, 0) is 19.1 Å². The smallest absolute Gasteiger partial charge is 0.325 e. The number of esters is 1. The second-order valence-electron chi connectivity index (χ2n) is 3.32. The number of carbonyl (C=O) groups is 3. The van der Waals surface area contributed by atoms with Gasteiger partial charge in [0.25, 0.3) is 0 Å². The van der Waals surface area contributed by atoms with Crippen molar-refractivity contribution in [2.45, 2.75) is 13.3 Å². The predicted molar refractivity (Wildman–Crippen MR) is 49.0 cm³/mol. The molecule has 0 aromatic heterocycles. The highest BCUT2D eigenvalue weighted by Gasteiger charge is 2.35. The van der Waals surface area contributed by atoms with Gasteiger partial charge in [0, 0.05) is 13.0 Å². The van der Waals surface area contributed by atoms with Gasteiger partial charge in [0.2, 0.25) is 5.91 Å². The topological polar surface area (TPSA) is 83.9 Å². The van der Waals surface area contributed by atoms with Gasteiger partial charge in [-0.25, -0.2) is 0 Å². The van der Waals surface area contributed by atoms with Crippen molar-refractivity contribution < 1.29 is 24.2 Å². The molecule has 0 spiro atoms. The van der Waals surface area contributed by atoms with Gasteiger partial charge >= 0.3 is 11.9 Å². The van der Waals surface area contributed by atoms with Crippen molar-refractivity contribution in [3.05, 3.63) is 0 Å². The third-order valence-electron chi connectivity index (χ3n) is 2.19. The van der Waals surface area contributed by atoms with E-state index in [1.54, 1.807) is 6.92 Å². The van der Waals surface area contributed by atoms with Gasteiger partial charge in [-0.1, -0.05) is 0 Å². The van der Waals surface area contributed by atoms with Crippen LogP contribution in [0.2, 0.25) is 0 Å². The fourth-order valence-electron chi connectivity index (χ4n) is 1.45. The Morgan fingerprint density at radius 3 is 2.73 bits per heavy atom. The van der Waals surface area contributed by atoms with Gasteiger partial charge in [-0.05, 0) is 6.92 Å². The largest absolute Gasteiger partial charge is 0.481 e. The highest BCUT2D eigenvalue weighted by atomic mass is 16.5. The SMILES string of the molecule is CCOC(=O)CN1CC(C(=O)O)CC1=O. The van der Waals surface area contributed by atoms with Crippen LogP contribution in [-0.4, -0.2) is 47.5 Å². The molecule has 1 N–H and O–H groups in total. The summed E-state index contributed by atoms with van der Waals surface area (Å²) in [6, 6.07) is 0. The molecule has 1 rings (SSSR count). The predicted octanol–water partition coefficient (Wildman–Crippen LogP) is -0.517. The molecule has 0 bridgehead atoms. The number of carbonyl (C=O) groups excluding carboxylic acids is 2. The van der Waals surface area contributed by atoms with Gasteiger partial charge in [0.15, 0.2) is 0 Å². The summed E-state index contributed by atoms with van der Waals surface area (Å²) in [5, 5.41) is 8.69. The number of hydrogen-bond donors (Lipinski definition) is 1. The standard InChI is InChI=1S/C9H13NO5/c1-2-15-8(12)5-10-4-6(9(13)14)3-7(10)11/h6H,2-5H2,1H3,(H,13,14). The zero-order valence-electron chi connectivity index (χ0n) is 8.43. The second-order valence-corrected chi connectivity index (χ2v) is 3.32. The zero-order valence-corrected chi connectivity index (χ0v) is 8.43. The maximum Gasteiger partial charge on any atom is 0.325 e. The van der Waals surface area contributed by atoms with E-state index in [1.165, 1.54) is 4.90 Å². The zero-order chi connectivity index (χ0) is 11.4. The molecule has 1 saturated heterocycles. The van der Waals surface area contributed by atoms with E-state index in [-0.39, 0.29) is 32.0 Å². The van der Waals surface area contributed by atoms with Crippen molar-refractivity contribution in [1.29, 1.82) is 0 Å². The molecule has 0 aromatic carbocycles. The molecule has 6 heteroatoms. The molecule has 84 valence electrons. The number of nitrogens with zero attached hydrogens (tertiary/aromatic N) is 1. The normalized spacial score (nSPS) is 20.5. The first-order chi connectivity index (χ1) is 7.04. The van der Waals surface area contributed by atoms with Crippen LogP contribution in [0.1, 0.15) is 13.3 Å². The lowest BCUT2D eigenvalue weighted by molar-refractivity contribution is -0.147. The van der Waals surface area contributed by atoms with Gasteiger partial charge in [-0.15, -0.1) is 0 Å². The summed E-state index contributed by atoms with van der Waals surface area (Å²) in [4.78, 5) is 34.2. The number of likely N-dealkylation sites (tertiary alicyclic amines) is 1. The van der Waals surface area contributed by atoms with E-state index in [4.69, 9.17) is 5.11 Å². The third kappa shape index (κ3) is 2.93. The van der Waals surface area contributed by atoms with E-state index >= 15 is 0 Å². The second kappa shape index (κ2) is 4.77. The van der Waals surface area contributed by atoms with E-state index in [0.29, 0.717) is 0 Å². The van der Waals surface area contributed by atoms with Gasteiger partial charge in [-0.2, -0.15) is 0 Å². The van der Waals surface area contributed by atoms with Crippen molar-refractivity contribution in [2.24, 2.45) is 5.92 Å². The van der Waals surface area contributed by atoms with Crippen LogP contribution >= 0.6 is 0 Å². The van der Waals surface area contributed by atoms with Crippen LogP contribution < -0.4 is 0 Å². The van der Waals surface area contributed by atoms with Gasteiger partial charge in [-0.3, -0.25) is 14.4 Å². The molecule has 1 amide bonds. The summed E-state index contributed by atoms with van der Waals surface area (Å²) in [5.41, 5.74) is 0. The lowest BCUT2D eigenvalue weighted by Crippen LogP contribution is -2.32. The molecule has 1 aliphatic rings. The van der Waals surface area contributed by atoms with Crippen LogP contribution in [0.15, 0.2) is 0 Å². The third-order valence-corrected chi connectivity index (χ3v) is 2.19. The number of amides is 1. The lowest BCUT2D eigenvalue weighted by atomic mass is 10.1. The first-order valence-corrected chi connectivity index (χ1v) is 4.70. The minimum absolute atomic E-state index is 0.0330. The maximum absolute atomic E-state index is 11.3. The summed E-state index contributed by atoms with van der Waals surface area (Å²) >= 11 is 0. The van der Waals surface area contributed by atoms with Gasteiger partial charge in [0.05, 0.1) is 12.5 Å². The fraction of sp³-hybridized carbons (Fsp3) is 0.667. The Morgan fingerprint density at radius 2 is 2.27 bits per heavy atom. The van der Waals surface area contributed by atoms with Crippen molar-refractivity contribution in [2.75, 3.05) is 19.7 Å². The molecule has 1 atom stereocenters. The van der Waals surface area contributed by atoms with E-state index in [2.05, 4.69) is 4.74 Å². The Bertz CT molecular complexity index is 288. The number of aliphatic carboxylic acids is 1. The molecular formula is C9H13NO5. The van der Waals surface area contributed by atoms with E-state index < -0.39 is 17.9 Å². The Labute approximate surface area is 86.8 Å². The fourth-order valence-corrected chi connectivity index (χ4v) is 1.45. The summed E-state index contributed by atoms with van der Waals surface area (Å²) < 4.78 is 4.67. The summed E-state index contributed by atoms with van der Waals surface area (Å²) in [6.07, 6.45) is -0.0330. The number of rotatable bonds is 4. The van der Waals surface area contributed by atoms with Crippen LogP contribution in [0.5, 0.6) is 0 Å². The van der Waals surface area contributed by atoms with Crippen molar-refractivity contribution in [3.8, 4) is 0 Å². The number of carboxylic acid groups (broad SMARTS) is 1. The molecular weight excluding hydrogens is 202 g/mol.